The second-order valence-corrected chi connectivity index (χ2v) is 11.0. The predicted molar refractivity (Wildman–Crippen MR) is 157 cm³/mol. The summed E-state index contributed by atoms with van der Waals surface area (Å²) < 4.78 is 0. The van der Waals surface area contributed by atoms with E-state index >= 15 is 0 Å². The molecule has 0 spiro atoms. The molecule has 0 aromatic heterocycles. The molecule has 5 nitrogen and oxygen atoms in total. The van der Waals surface area contributed by atoms with Crippen LogP contribution in [0.5, 0.6) is 0 Å². The molecular weight excluding hydrogens is 468 g/mol. The zero-order valence-corrected chi connectivity index (χ0v) is 22.5. The SMILES string of the molecule is O=C(Nc1ccccc1-c1ccccc1)NC1CCN(CCCN2CCC(Cc3ccccc3)CC2)CC1. The third-order valence-electron chi connectivity index (χ3n) is 8.21. The quantitative estimate of drug-likeness (QED) is 0.356. The number of benzene rings is 3. The number of hydrogen-bond acceptors (Lipinski definition) is 3. The lowest BCUT2D eigenvalue weighted by Crippen LogP contribution is -2.46. The summed E-state index contributed by atoms with van der Waals surface area (Å²) >= 11 is 0. The number of nitrogens with one attached hydrogen (secondary N) is 2. The topological polar surface area (TPSA) is 47.6 Å². The number of rotatable bonds is 9. The number of carbonyl (C=O) groups is 1. The van der Waals surface area contributed by atoms with Gasteiger partial charge in [0.05, 0.1) is 5.69 Å². The van der Waals surface area contributed by atoms with Gasteiger partial charge in [-0.2, -0.15) is 0 Å². The van der Waals surface area contributed by atoms with Gasteiger partial charge in [-0.25, -0.2) is 4.79 Å². The van der Waals surface area contributed by atoms with Crippen molar-refractivity contribution in [3.8, 4) is 11.1 Å². The molecule has 2 fully saturated rings. The first kappa shape index (κ1) is 26.5. The Bertz CT molecular complexity index is 1120. The number of piperidine rings is 2. The summed E-state index contributed by atoms with van der Waals surface area (Å²) in [6.45, 7) is 6.97. The molecule has 0 bridgehead atoms. The van der Waals surface area contributed by atoms with Gasteiger partial charge in [0.15, 0.2) is 0 Å². The number of amides is 2. The van der Waals surface area contributed by atoms with Crippen LogP contribution in [0.2, 0.25) is 0 Å². The Balaban J connectivity index is 0.973. The van der Waals surface area contributed by atoms with Gasteiger partial charge in [-0.1, -0.05) is 78.9 Å². The average Bonchev–Trinajstić information content (AvgIpc) is 2.96. The van der Waals surface area contributed by atoms with E-state index in [1.54, 1.807) is 0 Å². The number of likely N-dealkylation sites (tertiary alicyclic amines) is 2. The highest BCUT2D eigenvalue weighted by molar-refractivity contribution is 5.94. The molecule has 3 aromatic carbocycles. The lowest BCUT2D eigenvalue weighted by atomic mass is 9.90. The van der Waals surface area contributed by atoms with Crippen LogP contribution in [-0.2, 0) is 6.42 Å². The summed E-state index contributed by atoms with van der Waals surface area (Å²) in [7, 11) is 0. The second kappa shape index (κ2) is 13.6. The number of urea groups is 1. The fraction of sp³-hybridized carbons (Fsp3) is 0.424. The first-order valence-electron chi connectivity index (χ1n) is 14.4. The van der Waals surface area contributed by atoms with Gasteiger partial charge in [0.25, 0.3) is 0 Å². The van der Waals surface area contributed by atoms with Crippen molar-refractivity contribution in [2.75, 3.05) is 44.6 Å². The van der Waals surface area contributed by atoms with Crippen LogP contribution in [0.25, 0.3) is 11.1 Å². The highest BCUT2D eigenvalue weighted by atomic mass is 16.2. The third-order valence-corrected chi connectivity index (χ3v) is 8.21. The van der Waals surface area contributed by atoms with Gasteiger partial charge >= 0.3 is 6.03 Å². The summed E-state index contributed by atoms with van der Waals surface area (Å²) in [6, 6.07) is 29.3. The summed E-state index contributed by atoms with van der Waals surface area (Å²) in [5.41, 5.74) is 4.47. The molecule has 0 radical (unpaired) electrons. The Kier molecular flexibility index (Phi) is 9.46. The number of para-hydroxylation sites is 1. The molecule has 0 unspecified atom stereocenters. The summed E-state index contributed by atoms with van der Waals surface area (Å²) in [6.07, 6.45) is 7.14. The van der Waals surface area contributed by atoms with Gasteiger partial charge in [-0.3, -0.25) is 0 Å². The van der Waals surface area contributed by atoms with Crippen LogP contribution in [0.1, 0.15) is 37.7 Å². The molecular formula is C33H42N4O. The van der Waals surface area contributed by atoms with Gasteiger partial charge in [0.2, 0.25) is 0 Å². The van der Waals surface area contributed by atoms with Crippen molar-refractivity contribution in [1.82, 2.24) is 15.1 Å². The van der Waals surface area contributed by atoms with E-state index in [9.17, 15) is 4.79 Å². The van der Waals surface area contributed by atoms with E-state index in [4.69, 9.17) is 0 Å². The summed E-state index contributed by atoms with van der Waals surface area (Å²) in [4.78, 5) is 18.0. The minimum atomic E-state index is -0.109. The van der Waals surface area contributed by atoms with Crippen molar-refractivity contribution in [1.29, 1.82) is 0 Å². The molecule has 0 atom stereocenters. The largest absolute Gasteiger partial charge is 0.335 e. The van der Waals surface area contributed by atoms with Crippen LogP contribution >= 0.6 is 0 Å². The highest BCUT2D eigenvalue weighted by Crippen LogP contribution is 2.27. The van der Waals surface area contributed by atoms with Crippen LogP contribution in [0.4, 0.5) is 10.5 Å². The molecule has 2 N–H and O–H groups in total. The highest BCUT2D eigenvalue weighted by Gasteiger charge is 2.22. The number of hydrogen-bond donors (Lipinski definition) is 2. The molecule has 2 heterocycles. The Labute approximate surface area is 228 Å². The molecule has 38 heavy (non-hydrogen) atoms. The molecule has 3 aromatic rings. The zero-order valence-electron chi connectivity index (χ0n) is 22.5. The van der Waals surface area contributed by atoms with E-state index in [0.717, 1.165) is 55.2 Å². The third kappa shape index (κ3) is 7.68. The lowest BCUT2D eigenvalue weighted by Gasteiger charge is -2.34. The molecule has 200 valence electrons. The second-order valence-electron chi connectivity index (χ2n) is 11.0. The van der Waals surface area contributed by atoms with E-state index < -0.39 is 0 Å². The van der Waals surface area contributed by atoms with Crippen molar-refractivity contribution in [2.24, 2.45) is 5.92 Å². The summed E-state index contributed by atoms with van der Waals surface area (Å²) in [5, 5.41) is 6.30. The van der Waals surface area contributed by atoms with Crippen LogP contribution in [0, 0.1) is 5.92 Å². The first-order chi connectivity index (χ1) is 18.7. The van der Waals surface area contributed by atoms with E-state index in [1.807, 2.05) is 36.4 Å². The van der Waals surface area contributed by atoms with Crippen LogP contribution in [-0.4, -0.2) is 61.1 Å². The lowest BCUT2D eigenvalue weighted by molar-refractivity contribution is 0.158. The molecule has 0 aliphatic carbocycles. The molecule has 5 heteroatoms. The zero-order chi connectivity index (χ0) is 26.0. The maximum absolute atomic E-state index is 12.8. The fourth-order valence-electron chi connectivity index (χ4n) is 5.99. The monoisotopic (exact) mass is 510 g/mol. The van der Waals surface area contributed by atoms with Gasteiger partial charge in [0, 0.05) is 24.7 Å². The first-order valence-corrected chi connectivity index (χ1v) is 14.4. The van der Waals surface area contributed by atoms with Crippen molar-refractivity contribution < 1.29 is 4.79 Å². The Morgan fingerprint density at radius 1 is 0.711 bits per heavy atom. The van der Waals surface area contributed by atoms with E-state index in [1.165, 1.54) is 50.9 Å². The number of carbonyl (C=O) groups excluding carboxylic acids is 1. The smallest absolute Gasteiger partial charge is 0.319 e. The predicted octanol–water partition coefficient (Wildman–Crippen LogP) is 6.28. The molecule has 2 aliphatic heterocycles. The average molecular weight is 511 g/mol. The van der Waals surface area contributed by atoms with Crippen LogP contribution < -0.4 is 10.6 Å². The fourth-order valence-corrected chi connectivity index (χ4v) is 5.99. The Morgan fingerprint density at radius 3 is 1.97 bits per heavy atom. The Hall–Kier alpha value is -3.15. The molecule has 0 saturated carbocycles. The number of nitrogens with zero attached hydrogens (tertiary/aromatic N) is 2. The van der Waals surface area contributed by atoms with Gasteiger partial charge < -0.3 is 20.4 Å². The maximum Gasteiger partial charge on any atom is 0.319 e. The van der Waals surface area contributed by atoms with Crippen molar-refractivity contribution in [2.45, 2.75) is 44.6 Å². The number of anilines is 1. The van der Waals surface area contributed by atoms with Crippen molar-refractivity contribution >= 4 is 11.7 Å². The maximum atomic E-state index is 12.8. The molecule has 2 saturated heterocycles. The van der Waals surface area contributed by atoms with Gasteiger partial charge in [-0.15, -0.1) is 0 Å². The van der Waals surface area contributed by atoms with Crippen LogP contribution in [0.15, 0.2) is 84.9 Å². The standard InChI is InChI=1S/C33H42N4O/c38-33(35-32-15-8-7-14-31(32)29-12-5-2-6-13-29)34-30-18-24-37(25-19-30)21-9-20-36-22-16-28(17-23-36)26-27-10-3-1-4-11-27/h1-8,10-15,28,30H,9,16-26H2,(H2,34,35,38). The molecule has 5 rings (SSSR count). The van der Waals surface area contributed by atoms with Crippen molar-refractivity contribution in [3.63, 3.8) is 0 Å². The van der Waals surface area contributed by atoms with E-state index in [-0.39, 0.29) is 12.1 Å². The van der Waals surface area contributed by atoms with E-state index in [0.29, 0.717) is 0 Å². The molecule has 2 aliphatic rings. The Morgan fingerprint density at radius 2 is 1.29 bits per heavy atom. The van der Waals surface area contributed by atoms with Crippen LogP contribution in [0.3, 0.4) is 0 Å². The van der Waals surface area contributed by atoms with E-state index in [2.05, 4.69) is 69.0 Å². The minimum absolute atomic E-state index is 0.109. The van der Waals surface area contributed by atoms with Gasteiger partial charge in [-0.05, 0) is 87.8 Å². The normalized spacial score (nSPS) is 17.8. The van der Waals surface area contributed by atoms with Gasteiger partial charge in [0.1, 0.15) is 0 Å². The molecule has 2 amide bonds. The summed E-state index contributed by atoms with van der Waals surface area (Å²) in [5.74, 6) is 0.837. The minimum Gasteiger partial charge on any atom is -0.335 e. The van der Waals surface area contributed by atoms with Crippen molar-refractivity contribution in [3.05, 3.63) is 90.5 Å².